The van der Waals surface area contributed by atoms with Gasteiger partial charge in [0.25, 0.3) is 0 Å². The van der Waals surface area contributed by atoms with Crippen molar-refractivity contribution in [2.75, 3.05) is 19.5 Å². The van der Waals surface area contributed by atoms with Gasteiger partial charge in [0.05, 0.1) is 31.6 Å². The number of fused-ring (bicyclic) bond motifs is 2. The quantitative estimate of drug-likeness (QED) is 0.555. The summed E-state index contributed by atoms with van der Waals surface area (Å²) >= 11 is 0. The molecule has 3 heterocycles. The third kappa shape index (κ3) is 2.35. The number of nitrogens with one attached hydrogen (secondary N) is 2. The minimum absolute atomic E-state index is 0.0369. The zero-order chi connectivity index (χ0) is 18.4. The van der Waals surface area contributed by atoms with E-state index in [1.54, 1.807) is 14.2 Å². The first kappa shape index (κ1) is 15.8. The number of anilines is 1. The molecule has 1 aliphatic rings. The van der Waals surface area contributed by atoms with Crippen molar-refractivity contribution >= 4 is 16.6 Å². The number of rotatable bonds is 3. The minimum atomic E-state index is -0.0369. The molecule has 5 rings (SSSR count). The highest BCUT2D eigenvalue weighted by Gasteiger charge is 2.26. The fourth-order valence-corrected chi connectivity index (χ4v) is 3.90. The van der Waals surface area contributed by atoms with Gasteiger partial charge >= 0.3 is 0 Å². The van der Waals surface area contributed by atoms with E-state index in [1.807, 2.05) is 24.4 Å². The molecule has 1 atom stereocenters. The molecule has 27 heavy (non-hydrogen) atoms. The van der Waals surface area contributed by atoms with Crippen molar-refractivity contribution in [3.8, 4) is 22.8 Å². The molecule has 0 saturated heterocycles. The smallest absolute Gasteiger partial charge is 0.161 e. The topological polar surface area (TPSA) is 59.2 Å². The molecular weight excluding hydrogens is 338 g/mol. The van der Waals surface area contributed by atoms with Gasteiger partial charge in [-0.05, 0) is 35.9 Å². The third-order valence-electron chi connectivity index (χ3n) is 5.15. The lowest BCUT2D eigenvalue weighted by atomic mass is 9.96. The number of aromatic nitrogens is 2. The molecule has 0 bridgehead atoms. The highest BCUT2D eigenvalue weighted by atomic mass is 16.5. The van der Waals surface area contributed by atoms with Crippen LogP contribution in [0.25, 0.3) is 22.2 Å². The predicted octanol–water partition coefficient (Wildman–Crippen LogP) is 4.76. The Morgan fingerprint density at radius 2 is 1.85 bits per heavy atom. The van der Waals surface area contributed by atoms with Crippen molar-refractivity contribution in [3.05, 3.63) is 72.1 Å². The molecule has 0 amide bonds. The van der Waals surface area contributed by atoms with Crippen LogP contribution in [0.4, 0.5) is 5.69 Å². The van der Waals surface area contributed by atoms with Crippen LogP contribution in [-0.2, 0) is 0 Å². The van der Waals surface area contributed by atoms with E-state index in [9.17, 15) is 0 Å². The predicted molar refractivity (Wildman–Crippen MR) is 107 cm³/mol. The van der Waals surface area contributed by atoms with Crippen LogP contribution in [-0.4, -0.2) is 24.2 Å². The number of methoxy groups -OCH3 is 2. The first-order valence-corrected chi connectivity index (χ1v) is 8.84. The zero-order valence-corrected chi connectivity index (χ0v) is 15.1. The molecule has 0 radical (unpaired) electrons. The summed E-state index contributed by atoms with van der Waals surface area (Å²) in [6.45, 7) is 0. The number of ether oxygens (including phenoxy) is 2. The second kappa shape index (κ2) is 6.06. The number of aromatic amines is 1. The Morgan fingerprint density at radius 1 is 0.963 bits per heavy atom. The van der Waals surface area contributed by atoms with Gasteiger partial charge in [-0.2, -0.15) is 0 Å². The van der Waals surface area contributed by atoms with E-state index < -0.39 is 0 Å². The van der Waals surface area contributed by atoms with Gasteiger partial charge in [-0.15, -0.1) is 0 Å². The van der Waals surface area contributed by atoms with Gasteiger partial charge in [-0.3, -0.25) is 4.98 Å². The maximum absolute atomic E-state index is 5.52. The summed E-state index contributed by atoms with van der Waals surface area (Å²) in [4.78, 5) is 8.06. The van der Waals surface area contributed by atoms with Crippen molar-refractivity contribution in [3.63, 3.8) is 0 Å². The fourth-order valence-electron chi connectivity index (χ4n) is 3.90. The molecule has 5 nitrogen and oxygen atoms in total. The highest BCUT2D eigenvalue weighted by molar-refractivity contribution is 6.01. The lowest BCUT2D eigenvalue weighted by molar-refractivity contribution is 0.354. The molecule has 1 aliphatic heterocycles. The number of H-pyrrole nitrogens is 1. The number of benzene rings is 2. The highest BCUT2D eigenvalue weighted by Crippen LogP contribution is 2.44. The molecule has 0 aliphatic carbocycles. The van der Waals surface area contributed by atoms with E-state index in [1.165, 1.54) is 10.9 Å². The molecule has 2 N–H and O–H groups in total. The Bertz CT molecular complexity index is 1150. The largest absolute Gasteiger partial charge is 0.493 e. The molecular formula is C22H19N3O2. The molecule has 4 aromatic rings. The molecule has 0 saturated carbocycles. The summed E-state index contributed by atoms with van der Waals surface area (Å²) in [5, 5.41) is 4.88. The van der Waals surface area contributed by atoms with Crippen molar-refractivity contribution in [2.45, 2.75) is 6.04 Å². The molecule has 1 unspecified atom stereocenters. The van der Waals surface area contributed by atoms with E-state index in [-0.39, 0.29) is 6.04 Å². The van der Waals surface area contributed by atoms with Crippen LogP contribution in [0.5, 0.6) is 11.5 Å². The molecule has 2 aromatic heterocycles. The van der Waals surface area contributed by atoms with Gasteiger partial charge in [0.2, 0.25) is 0 Å². The number of pyridine rings is 1. The lowest BCUT2D eigenvalue weighted by Crippen LogP contribution is -2.11. The van der Waals surface area contributed by atoms with Gasteiger partial charge in [0.15, 0.2) is 11.5 Å². The van der Waals surface area contributed by atoms with Crippen molar-refractivity contribution in [1.82, 2.24) is 9.97 Å². The molecule has 5 heteroatoms. The number of hydrogen-bond acceptors (Lipinski definition) is 4. The Kier molecular flexibility index (Phi) is 3.53. The molecule has 0 spiro atoms. The normalized spacial score (nSPS) is 15.0. The molecule has 2 aromatic carbocycles. The maximum Gasteiger partial charge on any atom is 0.161 e. The first-order chi connectivity index (χ1) is 13.3. The summed E-state index contributed by atoms with van der Waals surface area (Å²) in [6.07, 6.45) is 3.91. The third-order valence-corrected chi connectivity index (χ3v) is 5.15. The van der Waals surface area contributed by atoms with E-state index in [0.29, 0.717) is 5.75 Å². The minimum Gasteiger partial charge on any atom is -0.493 e. The Morgan fingerprint density at radius 3 is 2.70 bits per heavy atom. The van der Waals surface area contributed by atoms with Crippen LogP contribution in [0.15, 0.2) is 60.9 Å². The summed E-state index contributed by atoms with van der Waals surface area (Å²) in [6, 6.07) is 16.3. The Balaban J connectivity index is 1.77. The monoisotopic (exact) mass is 357 g/mol. The van der Waals surface area contributed by atoms with E-state index in [2.05, 4.69) is 51.8 Å². The summed E-state index contributed by atoms with van der Waals surface area (Å²) in [5.74, 6) is 1.43. The van der Waals surface area contributed by atoms with E-state index >= 15 is 0 Å². The van der Waals surface area contributed by atoms with Crippen LogP contribution in [0.1, 0.15) is 17.2 Å². The maximum atomic E-state index is 5.52. The van der Waals surface area contributed by atoms with Crippen molar-refractivity contribution in [2.24, 2.45) is 0 Å². The summed E-state index contributed by atoms with van der Waals surface area (Å²) < 4.78 is 10.9. The first-order valence-electron chi connectivity index (χ1n) is 8.84. The van der Waals surface area contributed by atoms with E-state index in [4.69, 9.17) is 9.47 Å². The zero-order valence-electron chi connectivity index (χ0n) is 15.1. The standard InChI is InChI=1S/C22H19N3O2/c1-26-18-9-8-13(11-19(18)27-2)21-15-12-24-16-6-3-5-14(20(15)16)22-17(25-21)7-4-10-23-22/h3-12,21,24-25H,1-2H3. The molecule has 134 valence electrons. The van der Waals surface area contributed by atoms with Crippen LogP contribution in [0.2, 0.25) is 0 Å². The Hall–Kier alpha value is -3.47. The lowest BCUT2D eigenvalue weighted by Gasteiger charge is -2.20. The van der Waals surface area contributed by atoms with Gasteiger partial charge in [0.1, 0.15) is 0 Å². The van der Waals surface area contributed by atoms with Gasteiger partial charge in [-0.1, -0.05) is 18.2 Å². The molecule has 0 fully saturated rings. The summed E-state index contributed by atoms with van der Waals surface area (Å²) in [5.41, 5.74) is 6.50. The number of nitrogens with zero attached hydrogens (tertiary/aromatic N) is 1. The number of hydrogen-bond donors (Lipinski definition) is 2. The summed E-state index contributed by atoms with van der Waals surface area (Å²) in [7, 11) is 3.31. The average Bonchev–Trinajstić information content (AvgIpc) is 3.09. The van der Waals surface area contributed by atoms with Gasteiger partial charge in [0, 0.05) is 34.4 Å². The van der Waals surface area contributed by atoms with Gasteiger partial charge in [-0.25, -0.2) is 0 Å². The second-order valence-corrected chi connectivity index (χ2v) is 6.56. The average molecular weight is 357 g/mol. The van der Waals surface area contributed by atoms with Crippen LogP contribution in [0.3, 0.4) is 0 Å². The van der Waals surface area contributed by atoms with Crippen molar-refractivity contribution < 1.29 is 9.47 Å². The SMILES string of the molecule is COc1ccc(C2Nc3cccnc3-c3cccc4[nH]cc2c34)cc1OC. The van der Waals surface area contributed by atoms with E-state index in [0.717, 1.165) is 33.8 Å². The van der Waals surface area contributed by atoms with Crippen molar-refractivity contribution in [1.29, 1.82) is 0 Å². The van der Waals surface area contributed by atoms with Crippen LogP contribution >= 0.6 is 0 Å². The second-order valence-electron chi connectivity index (χ2n) is 6.56. The Labute approximate surface area is 157 Å². The van der Waals surface area contributed by atoms with Crippen LogP contribution in [0, 0.1) is 0 Å². The van der Waals surface area contributed by atoms with Crippen LogP contribution < -0.4 is 14.8 Å². The fraction of sp³-hybridized carbons (Fsp3) is 0.136. The van der Waals surface area contributed by atoms with Gasteiger partial charge < -0.3 is 19.8 Å².